The molecule has 70 valence electrons. The second kappa shape index (κ2) is 3.08. The summed E-state index contributed by atoms with van der Waals surface area (Å²) in [6.45, 7) is 8.46. The van der Waals surface area contributed by atoms with Crippen LogP contribution in [0.3, 0.4) is 0 Å². The van der Waals surface area contributed by atoms with Gasteiger partial charge in [-0.2, -0.15) is 0 Å². The molecule has 1 aliphatic rings. The number of hydrogen-bond donors (Lipinski definition) is 0. The van der Waals surface area contributed by atoms with E-state index in [-0.39, 0.29) is 23.4 Å². The molecule has 12 heavy (non-hydrogen) atoms. The SMILES string of the molecule is CCCC1C(=O)OC1C(C)(C)C. The molecule has 0 radical (unpaired) electrons. The Labute approximate surface area is 74.3 Å². The molecule has 0 aromatic heterocycles. The van der Waals surface area contributed by atoms with E-state index >= 15 is 0 Å². The van der Waals surface area contributed by atoms with E-state index in [4.69, 9.17) is 4.74 Å². The third-order valence-corrected chi connectivity index (χ3v) is 2.36. The summed E-state index contributed by atoms with van der Waals surface area (Å²) in [5.74, 6) is 0.159. The third kappa shape index (κ3) is 1.62. The lowest BCUT2D eigenvalue weighted by molar-refractivity contribution is -0.199. The Kier molecular flexibility index (Phi) is 2.45. The van der Waals surface area contributed by atoms with Crippen LogP contribution in [0.15, 0.2) is 0 Å². The van der Waals surface area contributed by atoms with Crippen molar-refractivity contribution in [3.05, 3.63) is 0 Å². The van der Waals surface area contributed by atoms with Crippen molar-refractivity contribution in [2.75, 3.05) is 0 Å². The molecule has 0 amide bonds. The monoisotopic (exact) mass is 170 g/mol. The smallest absolute Gasteiger partial charge is 0.313 e. The average Bonchev–Trinajstić information content (AvgIpc) is 1.93. The lowest BCUT2D eigenvalue weighted by Crippen LogP contribution is -2.52. The zero-order valence-electron chi connectivity index (χ0n) is 8.39. The Morgan fingerprint density at radius 2 is 2.00 bits per heavy atom. The number of rotatable bonds is 2. The first kappa shape index (κ1) is 9.56. The van der Waals surface area contributed by atoms with Gasteiger partial charge in [-0.3, -0.25) is 4.79 Å². The van der Waals surface area contributed by atoms with Gasteiger partial charge in [0, 0.05) is 0 Å². The normalized spacial score (nSPS) is 29.5. The van der Waals surface area contributed by atoms with Gasteiger partial charge in [0.2, 0.25) is 0 Å². The first-order valence-corrected chi connectivity index (χ1v) is 4.67. The number of esters is 1. The second-order valence-corrected chi connectivity index (χ2v) is 4.62. The van der Waals surface area contributed by atoms with Crippen LogP contribution in [0.4, 0.5) is 0 Å². The van der Waals surface area contributed by atoms with E-state index in [2.05, 4.69) is 27.7 Å². The first-order valence-electron chi connectivity index (χ1n) is 4.67. The molecule has 0 spiro atoms. The third-order valence-electron chi connectivity index (χ3n) is 2.36. The zero-order chi connectivity index (χ0) is 9.35. The van der Waals surface area contributed by atoms with E-state index in [1.54, 1.807) is 0 Å². The summed E-state index contributed by atoms with van der Waals surface area (Å²) in [6.07, 6.45) is 2.18. The molecule has 0 aromatic carbocycles. The second-order valence-electron chi connectivity index (χ2n) is 4.62. The fourth-order valence-corrected chi connectivity index (χ4v) is 1.71. The van der Waals surface area contributed by atoms with Crippen LogP contribution in [0.2, 0.25) is 0 Å². The highest BCUT2D eigenvalue weighted by Gasteiger charge is 2.47. The molecule has 2 atom stereocenters. The fraction of sp³-hybridized carbons (Fsp3) is 0.900. The maximum absolute atomic E-state index is 11.1. The summed E-state index contributed by atoms with van der Waals surface area (Å²) in [4.78, 5) is 11.1. The van der Waals surface area contributed by atoms with Gasteiger partial charge >= 0.3 is 5.97 Å². The molecule has 0 bridgehead atoms. The standard InChI is InChI=1S/C10H18O2/c1-5-6-7-8(10(2,3)4)12-9(7)11/h7-8H,5-6H2,1-4H3. The highest BCUT2D eigenvalue weighted by atomic mass is 16.6. The van der Waals surface area contributed by atoms with Crippen molar-refractivity contribution in [3.63, 3.8) is 0 Å². The van der Waals surface area contributed by atoms with Gasteiger partial charge in [-0.25, -0.2) is 0 Å². The molecule has 1 rings (SSSR count). The van der Waals surface area contributed by atoms with Crippen LogP contribution in [-0.2, 0) is 9.53 Å². The highest BCUT2D eigenvalue weighted by molar-refractivity contribution is 5.78. The van der Waals surface area contributed by atoms with Crippen molar-refractivity contribution in [2.45, 2.75) is 46.6 Å². The highest BCUT2D eigenvalue weighted by Crippen LogP contribution is 2.38. The number of cyclic esters (lactones) is 1. The van der Waals surface area contributed by atoms with Gasteiger partial charge in [-0.05, 0) is 11.8 Å². The molecule has 2 heteroatoms. The van der Waals surface area contributed by atoms with Crippen LogP contribution < -0.4 is 0 Å². The molecule has 0 saturated carbocycles. The fourth-order valence-electron chi connectivity index (χ4n) is 1.71. The van der Waals surface area contributed by atoms with Crippen molar-refractivity contribution in [2.24, 2.45) is 11.3 Å². The Morgan fingerprint density at radius 3 is 2.33 bits per heavy atom. The van der Waals surface area contributed by atoms with Crippen molar-refractivity contribution >= 4 is 5.97 Å². The van der Waals surface area contributed by atoms with Crippen molar-refractivity contribution in [1.29, 1.82) is 0 Å². The molecule has 0 aliphatic carbocycles. The molecule has 0 N–H and O–H groups in total. The first-order chi connectivity index (χ1) is 5.46. The minimum Gasteiger partial charge on any atom is -0.461 e. The van der Waals surface area contributed by atoms with E-state index in [1.165, 1.54) is 0 Å². The summed E-state index contributed by atoms with van der Waals surface area (Å²) in [7, 11) is 0. The molecule has 1 heterocycles. The Bertz CT molecular complexity index is 179. The minimum absolute atomic E-state index is 0.00299. The van der Waals surface area contributed by atoms with Crippen LogP contribution in [0.25, 0.3) is 0 Å². The number of hydrogen-bond acceptors (Lipinski definition) is 2. The predicted octanol–water partition coefficient (Wildman–Crippen LogP) is 2.37. The van der Waals surface area contributed by atoms with Gasteiger partial charge in [0.25, 0.3) is 0 Å². The van der Waals surface area contributed by atoms with Gasteiger partial charge in [0.1, 0.15) is 6.10 Å². The van der Waals surface area contributed by atoms with Crippen molar-refractivity contribution in [3.8, 4) is 0 Å². The summed E-state index contributed by atoms with van der Waals surface area (Å²) in [5.41, 5.74) is 0.105. The van der Waals surface area contributed by atoms with Crippen LogP contribution in [0.5, 0.6) is 0 Å². The summed E-state index contributed by atoms with van der Waals surface area (Å²) in [5, 5.41) is 0. The maximum atomic E-state index is 11.1. The van der Waals surface area contributed by atoms with Gasteiger partial charge in [0.15, 0.2) is 0 Å². The molecular weight excluding hydrogens is 152 g/mol. The molecule has 1 saturated heterocycles. The number of carbonyl (C=O) groups excluding carboxylic acids is 1. The average molecular weight is 170 g/mol. The topological polar surface area (TPSA) is 26.3 Å². The summed E-state index contributed by atoms with van der Waals surface area (Å²) in [6, 6.07) is 0. The number of ether oxygens (including phenoxy) is 1. The molecule has 2 nitrogen and oxygen atoms in total. The molecule has 1 fully saturated rings. The van der Waals surface area contributed by atoms with Crippen LogP contribution >= 0.6 is 0 Å². The molecule has 0 aromatic rings. The van der Waals surface area contributed by atoms with Crippen LogP contribution in [-0.4, -0.2) is 12.1 Å². The van der Waals surface area contributed by atoms with E-state index in [0.29, 0.717) is 0 Å². The van der Waals surface area contributed by atoms with Crippen molar-refractivity contribution < 1.29 is 9.53 Å². The van der Waals surface area contributed by atoms with Gasteiger partial charge < -0.3 is 4.74 Å². The van der Waals surface area contributed by atoms with Crippen LogP contribution in [0, 0.1) is 11.3 Å². The maximum Gasteiger partial charge on any atom is 0.313 e. The Balaban J connectivity index is 2.54. The quantitative estimate of drug-likeness (QED) is 0.595. The minimum atomic E-state index is -0.00299. The van der Waals surface area contributed by atoms with E-state index < -0.39 is 0 Å². The van der Waals surface area contributed by atoms with E-state index in [1.807, 2.05) is 0 Å². The lowest BCUT2D eigenvalue weighted by Gasteiger charge is -2.43. The Hall–Kier alpha value is -0.530. The van der Waals surface area contributed by atoms with Crippen molar-refractivity contribution in [1.82, 2.24) is 0 Å². The summed E-state index contributed by atoms with van der Waals surface area (Å²) >= 11 is 0. The van der Waals surface area contributed by atoms with Gasteiger partial charge in [-0.1, -0.05) is 34.1 Å². The Morgan fingerprint density at radius 1 is 1.42 bits per heavy atom. The van der Waals surface area contributed by atoms with Crippen LogP contribution in [0.1, 0.15) is 40.5 Å². The van der Waals surface area contributed by atoms with Gasteiger partial charge in [0.05, 0.1) is 5.92 Å². The molecule has 1 aliphatic heterocycles. The van der Waals surface area contributed by atoms with E-state index in [9.17, 15) is 4.79 Å². The largest absolute Gasteiger partial charge is 0.461 e. The van der Waals surface area contributed by atoms with E-state index in [0.717, 1.165) is 12.8 Å². The zero-order valence-corrected chi connectivity index (χ0v) is 8.39. The van der Waals surface area contributed by atoms with Gasteiger partial charge in [-0.15, -0.1) is 0 Å². The number of carbonyl (C=O) groups is 1. The lowest BCUT2D eigenvalue weighted by atomic mass is 9.76. The molecular formula is C10H18O2. The predicted molar refractivity (Wildman–Crippen MR) is 47.7 cm³/mol. The molecule has 2 unspecified atom stereocenters. The summed E-state index contributed by atoms with van der Waals surface area (Å²) < 4.78 is 5.13.